The lowest BCUT2D eigenvalue weighted by Crippen LogP contribution is -2.00. The van der Waals surface area contributed by atoms with Gasteiger partial charge in [0, 0.05) is 6.07 Å². The molecule has 0 unspecified atom stereocenters. The van der Waals surface area contributed by atoms with Gasteiger partial charge in [-0.05, 0) is 6.07 Å². The van der Waals surface area contributed by atoms with Crippen LogP contribution in [-0.4, -0.2) is 25.1 Å². The van der Waals surface area contributed by atoms with Crippen molar-refractivity contribution in [3.63, 3.8) is 0 Å². The van der Waals surface area contributed by atoms with Crippen LogP contribution in [0.1, 0.15) is 0 Å². The molecule has 0 saturated heterocycles. The number of hydrogen-bond acceptors (Lipinski definition) is 7. The lowest BCUT2D eigenvalue weighted by molar-refractivity contribution is -0.385. The third-order valence-electron chi connectivity index (χ3n) is 2.63. The number of aromatic nitrogens is 4. The maximum atomic E-state index is 11.0. The van der Waals surface area contributed by atoms with E-state index in [1.807, 2.05) is 0 Å². The molecule has 2 heterocycles. The minimum atomic E-state index is -0.599. The van der Waals surface area contributed by atoms with Gasteiger partial charge in [-0.1, -0.05) is 17.7 Å². The molecule has 21 heavy (non-hydrogen) atoms. The number of nitrogens with one attached hydrogen (secondary N) is 1. The average molecular weight is 307 g/mol. The molecule has 1 aromatic carbocycles. The quantitative estimate of drug-likeness (QED) is 0.560. The number of rotatable bonds is 3. The van der Waals surface area contributed by atoms with Crippen molar-refractivity contribution in [2.24, 2.45) is 0 Å². The molecule has 3 N–H and O–H groups in total. The number of para-hydroxylation sites is 1. The summed E-state index contributed by atoms with van der Waals surface area (Å²) < 4.78 is 5.49. The van der Waals surface area contributed by atoms with E-state index >= 15 is 0 Å². The van der Waals surface area contributed by atoms with Crippen LogP contribution in [0, 0.1) is 10.1 Å². The van der Waals surface area contributed by atoms with Crippen LogP contribution in [0.25, 0.3) is 11.0 Å². The van der Waals surface area contributed by atoms with Crippen LogP contribution < -0.4 is 10.5 Å². The number of fused-ring (bicyclic) bond motifs is 1. The lowest BCUT2D eigenvalue weighted by Gasteiger charge is -2.08. The van der Waals surface area contributed by atoms with Crippen molar-refractivity contribution in [2.75, 3.05) is 5.73 Å². The lowest BCUT2D eigenvalue weighted by atomic mass is 10.3. The van der Waals surface area contributed by atoms with E-state index in [4.69, 9.17) is 22.1 Å². The Kier molecular flexibility index (Phi) is 3.03. The second kappa shape index (κ2) is 4.87. The van der Waals surface area contributed by atoms with Crippen LogP contribution in [0.3, 0.4) is 0 Å². The maximum absolute atomic E-state index is 11.0. The molecule has 0 fully saturated rings. The SMILES string of the molecule is Nc1nc(Oc2c(Cl)cccc2[N+](=O)[O-])c2cn[nH]c2n1. The van der Waals surface area contributed by atoms with Crippen LogP contribution in [0.15, 0.2) is 24.4 Å². The number of nitrogens with two attached hydrogens (primary N) is 1. The topological polar surface area (TPSA) is 133 Å². The van der Waals surface area contributed by atoms with Gasteiger partial charge in [-0.25, -0.2) is 0 Å². The van der Waals surface area contributed by atoms with Gasteiger partial charge in [-0.3, -0.25) is 15.2 Å². The van der Waals surface area contributed by atoms with Crippen molar-refractivity contribution in [2.45, 2.75) is 0 Å². The minimum Gasteiger partial charge on any atom is -0.429 e. The molecule has 106 valence electrons. The van der Waals surface area contributed by atoms with Crippen molar-refractivity contribution in [3.05, 3.63) is 39.5 Å². The number of anilines is 1. The zero-order chi connectivity index (χ0) is 15.0. The first-order valence-corrected chi connectivity index (χ1v) is 6.01. The normalized spacial score (nSPS) is 10.7. The third kappa shape index (κ3) is 2.30. The van der Waals surface area contributed by atoms with E-state index in [9.17, 15) is 10.1 Å². The third-order valence-corrected chi connectivity index (χ3v) is 2.93. The van der Waals surface area contributed by atoms with Gasteiger partial charge in [0.25, 0.3) is 0 Å². The Hall–Kier alpha value is -2.94. The number of nitrogen functional groups attached to an aromatic ring is 1. The predicted octanol–water partition coefficient (Wildman–Crippen LogP) is 2.29. The number of halogens is 1. The minimum absolute atomic E-state index is 0.0300. The fourth-order valence-corrected chi connectivity index (χ4v) is 1.95. The summed E-state index contributed by atoms with van der Waals surface area (Å²) in [4.78, 5) is 18.3. The Labute approximate surface area is 121 Å². The molecule has 3 aromatic rings. The van der Waals surface area contributed by atoms with E-state index < -0.39 is 4.92 Å². The molecular formula is C11H7ClN6O3. The van der Waals surface area contributed by atoms with Gasteiger partial charge in [0.15, 0.2) is 5.65 Å². The number of H-pyrrole nitrogens is 1. The first-order chi connectivity index (χ1) is 10.1. The molecule has 0 spiro atoms. The summed E-state index contributed by atoms with van der Waals surface area (Å²) in [6, 6.07) is 4.20. The van der Waals surface area contributed by atoms with Gasteiger partial charge in [-0.2, -0.15) is 15.1 Å². The van der Waals surface area contributed by atoms with E-state index in [1.165, 1.54) is 24.4 Å². The molecule has 0 saturated carbocycles. The number of ether oxygens (including phenoxy) is 1. The van der Waals surface area contributed by atoms with Crippen LogP contribution >= 0.6 is 11.6 Å². The Morgan fingerprint density at radius 2 is 2.19 bits per heavy atom. The predicted molar refractivity (Wildman–Crippen MR) is 74.3 cm³/mol. The largest absolute Gasteiger partial charge is 0.429 e. The van der Waals surface area contributed by atoms with Crippen LogP contribution in [0.4, 0.5) is 11.6 Å². The fourth-order valence-electron chi connectivity index (χ4n) is 1.74. The second-order valence-corrected chi connectivity index (χ2v) is 4.37. The number of nitrogens with zero attached hydrogens (tertiary/aromatic N) is 4. The van der Waals surface area contributed by atoms with Gasteiger partial charge < -0.3 is 10.5 Å². The standard InChI is InChI=1S/C11H7ClN6O3/c12-6-2-1-3-7(18(19)20)8(6)21-10-5-4-14-17-9(5)15-11(13)16-10/h1-4H,(H3,13,14,15,16,17). The molecule has 0 atom stereocenters. The highest BCUT2D eigenvalue weighted by Crippen LogP contribution is 2.38. The van der Waals surface area contributed by atoms with Crippen molar-refractivity contribution in [3.8, 4) is 11.6 Å². The van der Waals surface area contributed by atoms with Crippen molar-refractivity contribution >= 4 is 34.3 Å². The molecule has 0 aliphatic heterocycles. The molecule has 0 bridgehead atoms. The second-order valence-electron chi connectivity index (χ2n) is 3.97. The summed E-state index contributed by atoms with van der Waals surface area (Å²) in [5, 5.41) is 18.0. The summed E-state index contributed by atoms with van der Waals surface area (Å²) >= 11 is 5.96. The highest BCUT2D eigenvalue weighted by molar-refractivity contribution is 6.32. The Bertz CT molecular complexity index is 849. The Morgan fingerprint density at radius 1 is 1.38 bits per heavy atom. The average Bonchev–Trinajstić information content (AvgIpc) is 2.88. The van der Waals surface area contributed by atoms with E-state index in [0.717, 1.165) is 0 Å². The summed E-state index contributed by atoms with van der Waals surface area (Å²) in [7, 11) is 0. The maximum Gasteiger partial charge on any atom is 0.313 e. The molecule has 0 amide bonds. The number of aromatic amines is 1. The molecule has 3 rings (SSSR count). The van der Waals surface area contributed by atoms with Crippen LogP contribution in [-0.2, 0) is 0 Å². The highest BCUT2D eigenvalue weighted by atomic mass is 35.5. The van der Waals surface area contributed by atoms with Crippen molar-refractivity contribution in [1.29, 1.82) is 0 Å². The number of hydrogen-bond donors (Lipinski definition) is 2. The molecule has 0 aliphatic rings. The number of benzene rings is 1. The van der Waals surface area contributed by atoms with Crippen molar-refractivity contribution in [1.82, 2.24) is 20.2 Å². The molecule has 0 aliphatic carbocycles. The zero-order valence-corrected chi connectivity index (χ0v) is 11.0. The van der Waals surface area contributed by atoms with Crippen LogP contribution in [0.5, 0.6) is 11.6 Å². The van der Waals surface area contributed by atoms with E-state index in [1.54, 1.807) is 0 Å². The number of nitro benzene ring substituents is 1. The first kappa shape index (κ1) is 13.1. The smallest absolute Gasteiger partial charge is 0.313 e. The van der Waals surface area contributed by atoms with Crippen LogP contribution in [0.2, 0.25) is 5.02 Å². The van der Waals surface area contributed by atoms with Gasteiger partial charge in [-0.15, -0.1) is 0 Å². The molecule has 2 aromatic heterocycles. The van der Waals surface area contributed by atoms with Gasteiger partial charge in [0.05, 0.1) is 16.1 Å². The zero-order valence-electron chi connectivity index (χ0n) is 10.3. The van der Waals surface area contributed by atoms with E-state index in [0.29, 0.717) is 11.0 Å². The Morgan fingerprint density at radius 3 is 2.95 bits per heavy atom. The molecule has 9 nitrogen and oxygen atoms in total. The van der Waals surface area contributed by atoms with E-state index in [2.05, 4.69) is 20.2 Å². The summed E-state index contributed by atoms with van der Waals surface area (Å²) in [6.45, 7) is 0. The first-order valence-electron chi connectivity index (χ1n) is 5.63. The summed E-state index contributed by atoms with van der Waals surface area (Å²) in [5.74, 6) is -0.149. The summed E-state index contributed by atoms with van der Waals surface area (Å²) in [5.41, 5.74) is 5.63. The summed E-state index contributed by atoms with van der Waals surface area (Å²) in [6.07, 6.45) is 1.42. The molecular weight excluding hydrogens is 300 g/mol. The molecule has 0 radical (unpaired) electrons. The van der Waals surface area contributed by atoms with Gasteiger partial charge in [0.1, 0.15) is 5.39 Å². The highest BCUT2D eigenvalue weighted by Gasteiger charge is 2.21. The van der Waals surface area contributed by atoms with Crippen molar-refractivity contribution < 1.29 is 9.66 Å². The monoisotopic (exact) mass is 306 g/mol. The van der Waals surface area contributed by atoms with Gasteiger partial charge >= 0.3 is 5.69 Å². The van der Waals surface area contributed by atoms with Gasteiger partial charge in [0.2, 0.25) is 17.6 Å². The molecule has 10 heteroatoms. The van der Waals surface area contributed by atoms with E-state index in [-0.39, 0.29) is 28.3 Å². The Balaban J connectivity index is 2.15. The number of nitro groups is 1. The fraction of sp³-hybridized carbons (Fsp3) is 0.